The SMILES string of the molecule is CCC(C)n1ccc(CC(N)Cc2ccccc2)n1. The van der Waals surface area contributed by atoms with Crippen LogP contribution < -0.4 is 5.73 Å². The summed E-state index contributed by atoms with van der Waals surface area (Å²) in [4.78, 5) is 0. The van der Waals surface area contributed by atoms with Gasteiger partial charge in [0.2, 0.25) is 0 Å². The summed E-state index contributed by atoms with van der Waals surface area (Å²) in [6, 6.07) is 13.1. The van der Waals surface area contributed by atoms with Gasteiger partial charge in [-0.15, -0.1) is 0 Å². The van der Waals surface area contributed by atoms with Gasteiger partial charge >= 0.3 is 0 Å². The Morgan fingerprint density at radius 2 is 1.89 bits per heavy atom. The summed E-state index contributed by atoms with van der Waals surface area (Å²) >= 11 is 0. The van der Waals surface area contributed by atoms with Crippen LogP contribution in [0.5, 0.6) is 0 Å². The minimum atomic E-state index is 0.127. The maximum atomic E-state index is 6.21. The van der Waals surface area contributed by atoms with Gasteiger partial charge in [0.25, 0.3) is 0 Å². The van der Waals surface area contributed by atoms with Crippen molar-refractivity contribution in [3.8, 4) is 0 Å². The van der Waals surface area contributed by atoms with Crippen LogP contribution in [0.1, 0.15) is 37.6 Å². The molecule has 0 aliphatic heterocycles. The molecule has 2 aromatic rings. The van der Waals surface area contributed by atoms with Crippen molar-refractivity contribution in [2.45, 2.75) is 45.2 Å². The van der Waals surface area contributed by atoms with E-state index in [2.05, 4.69) is 55.5 Å². The second-order valence-electron chi connectivity index (χ2n) is 5.20. The van der Waals surface area contributed by atoms with Gasteiger partial charge in [0.05, 0.1) is 5.69 Å². The molecule has 2 N–H and O–H groups in total. The van der Waals surface area contributed by atoms with Gasteiger partial charge in [-0.25, -0.2) is 0 Å². The fourth-order valence-corrected chi connectivity index (χ4v) is 2.18. The van der Waals surface area contributed by atoms with Crippen molar-refractivity contribution in [2.24, 2.45) is 5.73 Å². The first-order chi connectivity index (χ1) is 9.19. The summed E-state index contributed by atoms with van der Waals surface area (Å²) in [6.45, 7) is 4.35. The van der Waals surface area contributed by atoms with E-state index in [9.17, 15) is 0 Å². The molecule has 0 spiro atoms. The third-order valence-electron chi connectivity index (χ3n) is 3.52. The Morgan fingerprint density at radius 3 is 2.58 bits per heavy atom. The van der Waals surface area contributed by atoms with Crippen LogP contribution in [0.4, 0.5) is 0 Å². The third kappa shape index (κ3) is 3.93. The number of rotatable bonds is 6. The summed E-state index contributed by atoms with van der Waals surface area (Å²) in [5.41, 5.74) is 8.58. The Hall–Kier alpha value is -1.61. The van der Waals surface area contributed by atoms with Crippen molar-refractivity contribution < 1.29 is 0 Å². The molecular formula is C16H23N3. The molecule has 19 heavy (non-hydrogen) atoms. The summed E-state index contributed by atoms with van der Waals surface area (Å²) < 4.78 is 2.03. The average Bonchev–Trinajstić information content (AvgIpc) is 2.87. The lowest BCUT2D eigenvalue weighted by atomic mass is 10.0. The molecule has 0 bridgehead atoms. The van der Waals surface area contributed by atoms with Crippen LogP contribution in [0.15, 0.2) is 42.6 Å². The van der Waals surface area contributed by atoms with Gasteiger partial charge in [-0.2, -0.15) is 5.10 Å². The van der Waals surface area contributed by atoms with Crippen LogP contribution in [-0.4, -0.2) is 15.8 Å². The highest BCUT2D eigenvalue weighted by atomic mass is 15.3. The molecule has 0 radical (unpaired) electrons. The zero-order chi connectivity index (χ0) is 13.7. The van der Waals surface area contributed by atoms with E-state index in [0.29, 0.717) is 6.04 Å². The number of nitrogens with zero attached hydrogens (tertiary/aromatic N) is 2. The molecule has 0 fully saturated rings. The average molecular weight is 257 g/mol. The molecule has 1 aromatic heterocycles. The van der Waals surface area contributed by atoms with E-state index in [-0.39, 0.29) is 6.04 Å². The van der Waals surface area contributed by atoms with Crippen LogP contribution in [0.25, 0.3) is 0 Å². The maximum Gasteiger partial charge on any atom is 0.0640 e. The summed E-state index contributed by atoms with van der Waals surface area (Å²) in [5, 5.41) is 4.60. The number of hydrogen-bond donors (Lipinski definition) is 1. The monoisotopic (exact) mass is 257 g/mol. The molecule has 2 unspecified atom stereocenters. The fraction of sp³-hybridized carbons (Fsp3) is 0.438. The van der Waals surface area contributed by atoms with Crippen molar-refractivity contribution in [2.75, 3.05) is 0 Å². The van der Waals surface area contributed by atoms with Crippen LogP contribution in [0.3, 0.4) is 0 Å². The van der Waals surface area contributed by atoms with E-state index in [1.165, 1.54) is 5.56 Å². The van der Waals surface area contributed by atoms with Crippen LogP contribution in [0.2, 0.25) is 0 Å². The van der Waals surface area contributed by atoms with Crippen LogP contribution in [-0.2, 0) is 12.8 Å². The highest BCUT2D eigenvalue weighted by molar-refractivity contribution is 5.16. The van der Waals surface area contributed by atoms with E-state index < -0.39 is 0 Å². The largest absolute Gasteiger partial charge is 0.327 e. The Morgan fingerprint density at radius 1 is 1.16 bits per heavy atom. The molecule has 102 valence electrons. The van der Waals surface area contributed by atoms with E-state index in [0.717, 1.165) is 25.0 Å². The Bertz CT molecular complexity index is 490. The van der Waals surface area contributed by atoms with Gasteiger partial charge in [-0.05, 0) is 31.4 Å². The van der Waals surface area contributed by atoms with Crippen molar-refractivity contribution >= 4 is 0 Å². The number of nitrogens with two attached hydrogens (primary N) is 1. The predicted molar refractivity (Wildman–Crippen MR) is 79.1 cm³/mol. The quantitative estimate of drug-likeness (QED) is 0.864. The Balaban J connectivity index is 1.92. The number of benzene rings is 1. The first-order valence-corrected chi connectivity index (χ1v) is 7.02. The summed E-state index contributed by atoms with van der Waals surface area (Å²) in [7, 11) is 0. The van der Waals surface area contributed by atoms with E-state index in [1.54, 1.807) is 0 Å². The molecule has 1 heterocycles. The number of aromatic nitrogens is 2. The van der Waals surface area contributed by atoms with Crippen molar-refractivity contribution in [1.82, 2.24) is 9.78 Å². The molecule has 2 rings (SSSR count). The van der Waals surface area contributed by atoms with Crippen molar-refractivity contribution in [1.29, 1.82) is 0 Å². The van der Waals surface area contributed by atoms with Gasteiger partial charge in [-0.1, -0.05) is 37.3 Å². The standard InChI is InChI=1S/C16H23N3/c1-3-13(2)19-10-9-16(18-19)12-15(17)11-14-7-5-4-6-8-14/h4-10,13,15H,3,11-12,17H2,1-2H3. The van der Waals surface area contributed by atoms with E-state index in [4.69, 9.17) is 5.73 Å². The molecule has 3 nitrogen and oxygen atoms in total. The molecule has 2 atom stereocenters. The summed E-state index contributed by atoms with van der Waals surface area (Å²) in [6.07, 6.45) is 4.88. The molecule has 0 aliphatic rings. The molecule has 1 aromatic carbocycles. The molecule has 0 saturated heterocycles. The van der Waals surface area contributed by atoms with Gasteiger partial charge in [0, 0.05) is 24.7 Å². The van der Waals surface area contributed by atoms with E-state index >= 15 is 0 Å². The predicted octanol–water partition coefficient (Wildman–Crippen LogP) is 2.97. The van der Waals surface area contributed by atoms with Gasteiger partial charge in [0.1, 0.15) is 0 Å². The minimum Gasteiger partial charge on any atom is -0.327 e. The topological polar surface area (TPSA) is 43.8 Å². The third-order valence-corrected chi connectivity index (χ3v) is 3.52. The lowest BCUT2D eigenvalue weighted by molar-refractivity contribution is 0.471. The normalized spacial score (nSPS) is 14.3. The molecular weight excluding hydrogens is 234 g/mol. The highest BCUT2D eigenvalue weighted by Gasteiger charge is 2.09. The van der Waals surface area contributed by atoms with Gasteiger partial charge < -0.3 is 5.73 Å². The first-order valence-electron chi connectivity index (χ1n) is 7.02. The zero-order valence-electron chi connectivity index (χ0n) is 11.8. The molecule has 3 heteroatoms. The lowest BCUT2D eigenvalue weighted by Gasteiger charge is -2.11. The summed E-state index contributed by atoms with van der Waals surface area (Å²) in [5.74, 6) is 0. The first kappa shape index (κ1) is 13.8. The van der Waals surface area contributed by atoms with Gasteiger partial charge in [0.15, 0.2) is 0 Å². The molecule has 0 aliphatic carbocycles. The minimum absolute atomic E-state index is 0.127. The lowest BCUT2D eigenvalue weighted by Crippen LogP contribution is -2.25. The molecule has 0 amide bonds. The van der Waals surface area contributed by atoms with Crippen LogP contribution >= 0.6 is 0 Å². The van der Waals surface area contributed by atoms with Crippen molar-refractivity contribution in [3.63, 3.8) is 0 Å². The molecule has 0 saturated carbocycles. The Labute approximate surface area is 115 Å². The van der Waals surface area contributed by atoms with E-state index in [1.807, 2.05) is 10.7 Å². The maximum absolute atomic E-state index is 6.21. The number of hydrogen-bond acceptors (Lipinski definition) is 2. The Kier molecular flexibility index (Phi) is 4.74. The second-order valence-corrected chi connectivity index (χ2v) is 5.20. The van der Waals surface area contributed by atoms with Crippen molar-refractivity contribution in [3.05, 3.63) is 53.9 Å². The smallest absolute Gasteiger partial charge is 0.0640 e. The second kappa shape index (κ2) is 6.53. The highest BCUT2D eigenvalue weighted by Crippen LogP contribution is 2.11. The van der Waals surface area contributed by atoms with Crippen LogP contribution in [0, 0.1) is 0 Å². The zero-order valence-corrected chi connectivity index (χ0v) is 11.8. The van der Waals surface area contributed by atoms with Gasteiger partial charge in [-0.3, -0.25) is 4.68 Å². The fourth-order valence-electron chi connectivity index (χ4n) is 2.18.